The van der Waals surface area contributed by atoms with Crippen molar-refractivity contribution in [3.63, 3.8) is 0 Å². The monoisotopic (exact) mass is 245 g/mol. The van der Waals surface area contributed by atoms with E-state index in [-0.39, 0.29) is 5.78 Å². The lowest BCUT2D eigenvalue weighted by atomic mass is 10.2. The first-order chi connectivity index (χ1) is 7.08. The van der Waals surface area contributed by atoms with Gasteiger partial charge in [0.2, 0.25) is 0 Å². The molecule has 0 aliphatic heterocycles. The molecule has 0 aliphatic rings. The van der Waals surface area contributed by atoms with Crippen LogP contribution < -0.4 is 5.32 Å². The summed E-state index contributed by atoms with van der Waals surface area (Å²) in [6, 6.07) is 5.30. The molecule has 0 saturated carbocycles. The highest BCUT2D eigenvalue weighted by Gasteiger charge is 1.98. The first-order valence-corrected chi connectivity index (χ1v) is 5.53. The Kier molecular flexibility index (Phi) is 4.92. The molecule has 0 heterocycles. The Morgan fingerprint density at radius 1 is 1.27 bits per heavy atom. The molecule has 0 radical (unpaired) electrons. The zero-order valence-corrected chi connectivity index (χ0v) is 10.0. The second-order valence-electron chi connectivity index (χ2n) is 3.39. The van der Waals surface area contributed by atoms with Crippen molar-refractivity contribution < 1.29 is 4.79 Å². The number of anilines is 1. The molecule has 0 spiro atoms. The number of nitrogens with one attached hydrogen (secondary N) is 1. The van der Waals surface area contributed by atoms with Crippen molar-refractivity contribution in [1.82, 2.24) is 0 Å². The normalized spacial score (nSPS) is 10.1. The molecule has 0 aromatic heterocycles. The summed E-state index contributed by atoms with van der Waals surface area (Å²) in [6.45, 7) is 2.34. The van der Waals surface area contributed by atoms with Crippen molar-refractivity contribution in [2.75, 3.05) is 11.9 Å². The molecule has 0 aliphatic carbocycles. The summed E-state index contributed by atoms with van der Waals surface area (Å²) in [5.74, 6) is 0.209. The van der Waals surface area contributed by atoms with Gasteiger partial charge in [-0.05, 0) is 31.5 Å². The van der Waals surface area contributed by atoms with E-state index in [1.807, 2.05) is 0 Å². The van der Waals surface area contributed by atoms with Gasteiger partial charge < -0.3 is 10.1 Å². The molecule has 0 saturated heterocycles. The second kappa shape index (κ2) is 5.99. The molecular formula is C11H13Cl2NO. The van der Waals surface area contributed by atoms with Gasteiger partial charge in [-0.25, -0.2) is 0 Å². The molecule has 0 atom stereocenters. The Balaban J connectivity index is 2.40. The van der Waals surface area contributed by atoms with Crippen LogP contribution in [0.5, 0.6) is 0 Å². The maximum atomic E-state index is 10.7. The lowest BCUT2D eigenvalue weighted by Crippen LogP contribution is -2.03. The average Bonchev–Trinajstić information content (AvgIpc) is 2.10. The molecule has 0 amide bonds. The van der Waals surface area contributed by atoms with E-state index < -0.39 is 0 Å². The number of hydrogen-bond donors (Lipinski definition) is 1. The van der Waals surface area contributed by atoms with Gasteiger partial charge in [-0.2, -0.15) is 0 Å². The predicted molar refractivity (Wildman–Crippen MR) is 64.9 cm³/mol. The van der Waals surface area contributed by atoms with Gasteiger partial charge in [0.05, 0.1) is 0 Å². The molecule has 0 unspecified atom stereocenters. The molecule has 1 aromatic carbocycles. The summed E-state index contributed by atoms with van der Waals surface area (Å²) < 4.78 is 0. The van der Waals surface area contributed by atoms with Gasteiger partial charge in [0.1, 0.15) is 5.78 Å². The number of rotatable bonds is 5. The van der Waals surface area contributed by atoms with Gasteiger partial charge in [0.15, 0.2) is 0 Å². The van der Waals surface area contributed by atoms with E-state index in [0.29, 0.717) is 16.5 Å². The lowest BCUT2D eigenvalue weighted by molar-refractivity contribution is -0.117. The highest BCUT2D eigenvalue weighted by atomic mass is 35.5. The number of halogens is 2. The zero-order chi connectivity index (χ0) is 11.3. The molecule has 82 valence electrons. The summed E-state index contributed by atoms with van der Waals surface area (Å²) in [6.07, 6.45) is 1.42. The molecule has 15 heavy (non-hydrogen) atoms. The molecule has 1 N–H and O–H groups in total. The van der Waals surface area contributed by atoms with Crippen molar-refractivity contribution in [3.05, 3.63) is 28.2 Å². The number of benzene rings is 1. The first-order valence-electron chi connectivity index (χ1n) is 4.77. The zero-order valence-electron chi connectivity index (χ0n) is 8.52. The van der Waals surface area contributed by atoms with Crippen molar-refractivity contribution in [2.45, 2.75) is 19.8 Å². The Hall–Kier alpha value is -0.730. The highest BCUT2D eigenvalue weighted by Crippen LogP contribution is 2.22. The number of hydrogen-bond acceptors (Lipinski definition) is 2. The van der Waals surface area contributed by atoms with E-state index >= 15 is 0 Å². The van der Waals surface area contributed by atoms with E-state index in [4.69, 9.17) is 23.2 Å². The van der Waals surface area contributed by atoms with Crippen LogP contribution in [0.3, 0.4) is 0 Å². The molecule has 4 heteroatoms. The van der Waals surface area contributed by atoms with E-state index in [0.717, 1.165) is 18.7 Å². The fourth-order valence-electron chi connectivity index (χ4n) is 1.23. The van der Waals surface area contributed by atoms with Gasteiger partial charge in [-0.1, -0.05) is 23.2 Å². The third kappa shape index (κ3) is 5.05. The van der Waals surface area contributed by atoms with Crippen LogP contribution in [-0.4, -0.2) is 12.3 Å². The Morgan fingerprint density at radius 3 is 2.40 bits per heavy atom. The van der Waals surface area contributed by atoms with Crippen LogP contribution in [0.25, 0.3) is 0 Å². The lowest BCUT2D eigenvalue weighted by Gasteiger charge is -2.06. The van der Waals surface area contributed by atoms with Gasteiger partial charge in [-0.15, -0.1) is 0 Å². The molecule has 2 nitrogen and oxygen atoms in total. The van der Waals surface area contributed by atoms with Gasteiger partial charge in [0.25, 0.3) is 0 Å². The molecule has 1 aromatic rings. The molecule has 0 fully saturated rings. The van der Waals surface area contributed by atoms with E-state index in [9.17, 15) is 4.79 Å². The number of Topliss-reactive ketones (excluding diaryl/α,β-unsaturated/α-hetero) is 1. The van der Waals surface area contributed by atoms with Crippen molar-refractivity contribution in [2.24, 2.45) is 0 Å². The van der Waals surface area contributed by atoms with Crippen LogP contribution >= 0.6 is 23.2 Å². The summed E-state index contributed by atoms with van der Waals surface area (Å²) in [4.78, 5) is 10.7. The van der Waals surface area contributed by atoms with Crippen molar-refractivity contribution in [3.8, 4) is 0 Å². The maximum absolute atomic E-state index is 10.7. The van der Waals surface area contributed by atoms with Crippen LogP contribution in [0.2, 0.25) is 10.0 Å². The van der Waals surface area contributed by atoms with E-state index in [1.165, 1.54) is 0 Å². The third-order valence-corrected chi connectivity index (χ3v) is 2.33. The van der Waals surface area contributed by atoms with E-state index in [1.54, 1.807) is 25.1 Å². The minimum atomic E-state index is 0.209. The van der Waals surface area contributed by atoms with Crippen LogP contribution in [0.15, 0.2) is 18.2 Å². The number of ketones is 1. The van der Waals surface area contributed by atoms with Crippen LogP contribution in [0.1, 0.15) is 19.8 Å². The summed E-state index contributed by atoms with van der Waals surface area (Å²) in [5.41, 5.74) is 0.885. The molecule has 1 rings (SSSR count). The Morgan fingerprint density at radius 2 is 1.87 bits per heavy atom. The van der Waals surface area contributed by atoms with E-state index in [2.05, 4.69) is 5.32 Å². The molecule has 0 bridgehead atoms. The van der Waals surface area contributed by atoms with Crippen LogP contribution in [0, 0.1) is 0 Å². The Labute approximate surface area is 99.6 Å². The quantitative estimate of drug-likeness (QED) is 0.801. The first kappa shape index (κ1) is 12.3. The fourth-order valence-corrected chi connectivity index (χ4v) is 1.75. The van der Waals surface area contributed by atoms with Crippen molar-refractivity contribution >= 4 is 34.7 Å². The largest absolute Gasteiger partial charge is 0.385 e. The van der Waals surface area contributed by atoms with Gasteiger partial charge in [0, 0.05) is 28.7 Å². The predicted octanol–water partition coefficient (Wildman–Crippen LogP) is 3.77. The third-order valence-electron chi connectivity index (χ3n) is 1.90. The Bertz CT molecular complexity index is 332. The standard InChI is InChI=1S/C11H13Cl2NO/c1-8(15)3-2-4-14-11-6-9(12)5-10(13)7-11/h5-7,14H,2-4H2,1H3. The highest BCUT2D eigenvalue weighted by molar-refractivity contribution is 6.35. The summed E-state index contributed by atoms with van der Waals surface area (Å²) >= 11 is 11.7. The smallest absolute Gasteiger partial charge is 0.129 e. The minimum absolute atomic E-state index is 0.209. The summed E-state index contributed by atoms with van der Waals surface area (Å²) in [5, 5.41) is 4.38. The SMILES string of the molecule is CC(=O)CCCNc1cc(Cl)cc(Cl)c1. The topological polar surface area (TPSA) is 29.1 Å². The maximum Gasteiger partial charge on any atom is 0.129 e. The van der Waals surface area contributed by atoms with Crippen LogP contribution in [-0.2, 0) is 4.79 Å². The average molecular weight is 246 g/mol. The minimum Gasteiger partial charge on any atom is -0.385 e. The molecular weight excluding hydrogens is 233 g/mol. The number of carbonyl (C=O) groups is 1. The number of carbonyl (C=O) groups excluding carboxylic acids is 1. The fraction of sp³-hybridized carbons (Fsp3) is 0.364. The second-order valence-corrected chi connectivity index (χ2v) is 4.26. The van der Waals surface area contributed by atoms with Gasteiger partial charge >= 0.3 is 0 Å². The van der Waals surface area contributed by atoms with Gasteiger partial charge in [-0.3, -0.25) is 0 Å². The van der Waals surface area contributed by atoms with Crippen molar-refractivity contribution in [1.29, 1.82) is 0 Å². The summed E-state index contributed by atoms with van der Waals surface area (Å²) in [7, 11) is 0. The van der Waals surface area contributed by atoms with Crippen LogP contribution in [0.4, 0.5) is 5.69 Å².